The van der Waals surface area contributed by atoms with Gasteiger partial charge in [0.2, 0.25) is 0 Å². The maximum absolute atomic E-state index is 13.2. The lowest BCUT2D eigenvalue weighted by molar-refractivity contribution is 0.0986. The molecule has 5 nitrogen and oxygen atoms in total. The molecular weight excluding hydrogens is 319 g/mol. The summed E-state index contributed by atoms with van der Waals surface area (Å²) in [4.78, 5) is 26.1. The zero-order chi connectivity index (χ0) is 17.4. The van der Waals surface area contributed by atoms with Gasteiger partial charge >= 0.3 is 0 Å². The van der Waals surface area contributed by atoms with Crippen molar-refractivity contribution in [2.75, 3.05) is 29.9 Å². The van der Waals surface area contributed by atoms with Crippen LogP contribution in [-0.4, -0.2) is 36.0 Å². The quantitative estimate of drug-likeness (QED) is 0.684. The molecule has 2 heterocycles. The van der Waals surface area contributed by atoms with Crippen molar-refractivity contribution in [1.82, 2.24) is 9.97 Å². The molecule has 0 spiro atoms. The summed E-state index contributed by atoms with van der Waals surface area (Å²) in [6.45, 7) is 1.33. The van der Waals surface area contributed by atoms with Gasteiger partial charge in [-0.15, -0.1) is 0 Å². The molecule has 0 unspecified atom stereocenters. The van der Waals surface area contributed by atoms with Crippen molar-refractivity contribution in [1.29, 1.82) is 0 Å². The van der Waals surface area contributed by atoms with E-state index in [1.54, 1.807) is 4.90 Å². The number of hydrogen-bond acceptors (Lipinski definition) is 4. The van der Waals surface area contributed by atoms with E-state index in [2.05, 4.69) is 0 Å². The number of halogens is 1. The number of rotatable bonds is 1. The fourth-order valence-corrected chi connectivity index (χ4v) is 3.04. The highest BCUT2D eigenvalue weighted by Gasteiger charge is 2.27. The zero-order valence-electron chi connectivity index (χ0n) is 13.8. The molecule has 0 atom stereocenters. The van der Waals surface area contributed by atoms with Crippen LogP contribution < -0.4 is 9.80 Å². The highest BCUT2D eigenvalue weighted by Crippen LogP contribution is 2.31. The lowest BCUT2D eigenvalue weighted by atomic mass is 10.2. The molecule has 2 aromatic carbocycles. The van der Waals surface area contributed by atoms with Crippen LogP contribution >= 0.6 is 0 Å². The number of fused-ring (bicyclic) bond motifs is 2. The number of hydrogen-bond donors (Lipinski definition) is 0. The first-order valence-electron chi connectivity index (χ1n) is 8.19. The van der Waals surface area contributed by atoms with Gasteiger partial charge in [-0.2, -0.15) is 0 Å². The minimum atomic E-state index is -0.363. The third-order valence-electron chi connectivity index (χ3n) is 4.36. The Labute approximate surface area is 144 Å². The Balaban J connectivity index is 1.84. The molecule has 0 aliphatic carbocycles. The lowest BCUT2D eigenvalue weighted by Gasteiger charge is -2.23. The molecule has 3 aromatic rings. The Hall–Kier alpha value is -3.02. The second-order valence-corrected chi connectivity index (χ2v) is 6.10. The molecule has 1 aliphatic rings. The number of para-hydroxylation sites is 2. The zero-order valence-corrected chi connectivity index (χ0v) is 13.8. The van der Waals surface area contributed by atoms with Crippen LogP contribution in [0.3, 0.4) is 0 Å². The fourth-order valence-electron chi connectivity index (χ4n) is 3.04. The molecule has 0 saturated heterocycles. The molecule has 0 bridgehead atoms. The van der Waals surface area contributed by atoms with E-state index in [0.29, 0.717) is 23.7 Å². The maximum atomic E-state index is 13.2. The number of amides is 1. The fraction of sp³-hybridized carbons (Fsp3) is 0.211. The molecule has 25 heavy (non-hydrogen) atoms. The van der Waals surface area contributed by atoms with Gasteiger partial charge in [-0.05, 0) is 42.8 Å². The molecule has 1 amide bonds. The van der Waals surface area contributed by atoms with E-state index in [4.69, 9.17) is 9.97 Å². The van der Waals surface area contributed by atoms with Crippen LogP contribution in [0.5, 0.6) is 0 Å². The predicted octanol–water partition coefficient (Wildman–Crippen LogP) is 3.26. The molecule has 0 saturated carbocycles. The Morgan fingerprint density at radius 1 is 0.960 bits per heavy atom. The second-order valence-electron chi connectivity index (χ2n) is 6.10. The van der Waals surface area contributed by atoms with Crippen molar-refractivity contribution in [2.45, 2.75) is 6.42 Å². The number of carbonyl (C=O) groups excluding carboxylic acids is 1. The standard InChI is InChI=1S/C19H17FN4O/c1-23-11-4-12-24(19(25)13-7-9-14(20)10-8-13)18-17(23)21-15-5-2-3-6-16(15)22-18/h2-3,5-10H,4,11-12H2,1H3. The summed E-state index contributed by atoms with van der Waals surface area (Å²) in [5.41, 5.74) is 1.98. The van der Waals surface area contributed by atoms with Crippen LogP contribution in [0.25, 0.3) is 11.0 Å². The molecule has 6 heteroatoms. The highest BCUT2D eigenvalue weighted by molar-refractivity contribution is 6.07. The van der Waals surface area contributed by atoms with Crippen LogP contribution in [0.1, 0.15) is 16.8 Å². The van der Waals surface area contributed by atoms with Gasteiger partial charge in [0.25, 0.3) is 5.91 Å². The van der Waals surface area contributed by atoms with Gasteiger partial charge in [-0.25, -0.2) is 14.4 Å². The van der Waals surface area contributed by atoms with E-state index < -0.39 is 0 Å². The molecule has 1 aliphatic heterocycles. The molecule has 1 aromatic heterocycles. The molecule has 0 radical (unpaired) electrons. The third-order valence-corrected chi connectivity index (χ3v) is 4.36. The second kappa shape index (κ2) is 6.12. The SMILES string of the molecule is CN1CCCN(C(=O)c2ccc(F)cc2)c2nc3ccccc3nc21. The number of aromatic nitrogens is 2. The van der Waals surface area contributed by atoms with E-state index >= 15 is 0 Å². The van der Waals surface area contributed by atoms with Crippen molar-refractivity contribution >= 4 is 28.6 Å². The van der Waals surface area contributed by atoms with Gasteiger partial charge in [0, 0.05) is 25.7 Å². The van der Waals surface area contributed by atoms with Crippen LogP contribution in [0.2, 0.25) is 0 Å². The Kier molecular flexibility index (Phi) is 3.80. The summed E-state index contributed by atoms with van der Waals surface area (Å²) >= 11 is 0. The van der Waals surface area contributed by atoms with Crippen molar-refractivity contribution in [3.63, 3.8) is 0 Å². The van der Waals surface area contributed by atoms with Crippen LogP contribution in [0.15, 0.2) is 48.5 Å². The van der Waals surface area contributed by atoms with Crippen LogP contribution in [-0.2, 0) is 0 Å². The van der Waals surface area contributed by atoms with Crippen LogP contribution in [0, 0.1) is 5.82 Å². The smallest absolute Gasteiger partial charge is 0.259 e. The Morgan fingerprint density at radius 2 is 1.60 bits per heavy atom. The van der Waals surface area contributed by atoms with Gasteiger partial charge in [-0.3, -0.25) is 9.69 Å². The monoisotopic (exact) mass is 336 g/mol. The van der Waals surface area contributed by atoms with Gasteiger partial charge in [-0.1, -0.05) is 12.1 Å². The average Bonchev–Trinajstić information content (AvgIpc) is 2.79. The van der Waals surface area contributed by atoms with Gasteiger partial charge in [0.1, 0.15) is 5.82 Å². The molecule has 0 N–H and O–H groups in total. The summed E-state index contributed by atoms with van der Waals surface area (Å²) in [7, 11) is 1.95. The average molecular weight is 336 g/mol. The van der Waals surface area contributed by atoms with E-state index in [1.807, 2.05) is 36.2 Å². The first-order chi connectivity index (χ1) is 12.1. The normalized spacial score (nSPS) is 14.3. The first kappa shape index (κ1) is 15.5. The van der Waals surface area contributed by atoms with Gasteiger partial charge in [0.15, 0.2) is 11.6 Å². The van der Waals surface area contributed by atoms with E-state index in [9.17, 15) is 9.18 Å². The van der Waals surface area contributed by atoms with E-state index in [0.717, 1.165) is 24.0 Å². The molecule has 126 valence electrons. The molecule has 0 fully saturated rings. The minimum absolute atomic E-state index is 0.193. The number of carbonyl (C=O) groups is 1. The third kappa shape index (κ3) is 2.80. The number of anilines is 2. The largest absolute Gasteiger partial charge is 0.357 e. The predicted molar refractivity (Wildman–Crippen MR) is 95.5 cm³/mol. The van der Waals surface area contributed by atoms with Crippen LogP contribution in [0.4, 0.5) is 16.0 Å². The summed E-state index contributed by atoms with van der Waals surface area (Å²) < 4.78 is 13.2. The number of benzene rings is 2. The topological polar surface area (TPSA) is 49.3 Å². The number of nitrogens with zero attached hydrogens (tertiary/aromatic N) is 4. The maximum Gasteiger partial charge on any atom is 0.259 e. The van der Waals surface area contributed by atoms with Crippen molar-refractivity contribution in [2.24, 2.45) is 0 Å². The van der Waals surface area contributed by atoms with Crippen molar-refractivity contribution in [3.8, 4) is 0 Å². The highest BCUT2D eigenvalue weighted by atomic mass is 19.1. The minimum Gasteiger partial charge on any atom is -0.357 e. The van der Waals surface area contributed by atoms with E-state index in [1.165, 1.54) is 24.3 Å². The van der Waals surface area contributed by atoms with Gasteiger partial charge < -0.3 is 4.90 Å². The lowest BCUT2D eigenvalue weighted by Crippen LogP contribution is -2.32. The van der Waals surface area contributed by atoms with E-state index in [-0.39, 0.29) is 11.7 Å². The molecule has 4 rings (SSSR count). The van der Waals surface area contributed by atoms with Crippen molar-refractivity contribution < 1.29 is 9.18 Å². The van der Waals surface area contributed by atoms with Gasteiger partial charge in [0.05, 0.1) is 11.0 Å². The summed E-state index contributed by atoms with van der Waals surface area (Å²) in [5.74, 6) is 0.680. The first-order valence-corrected chi connectivity index (χ1v) is 8.19. The summed E-state index contributed by atoms with van der Waals surface area (Å²) in [6, 6.07) is 13.2. The summed E-state index contributed by atoms with van der Waals surface area (Å²) in [5, 5.41) is 0. The summed E-state index contributed by atoms with van der Waals surface area (Å²) in [6.07, 6.45) is 0.803. The molecular formula is C19H17FN4O. The Bertz CT molecular complexity index is 942. The van der Waals surface area contributed by atoms with Crippen molar-refractivity contribution in [3.05, 3.63) is 59.9 Å². The Morgan fingerprint density at radius 3 is 2.28 bits per heavy atom.